The minimum Gasteiger partial charge on any atom is -0.323 e. The van der Waals surface area contributed by atoms with Gasteiger partial charge < -0.3 is 5.73 Å². The third kappa shape index (κ3) is 2.73. The average molecular weight is 290 g/mol. The van der Waals surface area contributed by atoms with Gasteiger partial charge in [-0.3, -0.25) is 10.1 Å². The lowest BCUT2D eigenvalue weighted by molar-refractivity contribution is -0.385. The lowest BCUT2D eigenvalue weighted by atomic mass is 9.87. The van der Waals surface area contributed by atoms with Crippen molar-refractivity contribution in [2.75, 3.05) is 0 Å². The molecule has 2 aromatic rings. The van der Waals surface area contributed by atoms with E-state index in [0.29, 0.717) is 0 Å². The highest BCUT2D eigenvalue weighted by Crippen LogP contribution is 2.39. The van der Waals surface area contributed by atoms with Crippen LogP contribution in [0.25, 0.3) is 0 Å². The van der Waals surface area contributed by atoms with Gasteiger partial charge in [0, 0.05) is 28.5 Å². The first-order valence-corrected chi connectivity index (χ1v) is 7.47. The molecular weight excluding hydrogens is 272 g/mol. The average Bonchev–Trinajstić information content (AvgIpc) is 2.86. The highest BCUT2D eigenvalue weighted by Gasteiger charge is 2.27. The van der Waals surface area contributed by atoms with E-state index in [1.165, 1.54) is 0 Å². The van der Waals surface area contributed by atoms with Gasteiger partial charge in [-0.2, -0.15) is 0 Å². The predicted molar refractivity (Wildman–Crippen MR) is 82.1 cm³/mol. The number of nitrogens with two attached hydrogens (primary N) is 1. The Morgan fingerprint density at radius 2 is 2.05 bits per heavy atom. The number of hydrogen-bond acceptors (Lipinski definition) is 4. The summed E-state index contributed by atoms with van der Waals surface area (Å²) in [6.45, 7) is 4.04. The summed E-state index contributed by atoms with van der Waals surface area (Å²) in [6.07, 6.45) is 0.767. The molecule has 0 bridgehead atoms. The molecule has 1 aromatic carbocycles. The molecule has 1 heterocycles. The molecule has 5 heteroatoms. The summed E-state index contributed by atoms with van der Waals surface area (Å²) in [5.41, 5.74) is 8.42. The topological polar surface area (TPSA) is 69.2 Å². The molecule has 0 amide bonds. The maximum Gasteiger partial charge on any atom is 0.272 e. The number of para-hydroxylation sites is 1. The van der Waals surface area contributed by atoms with Gasteiger partial charge in [0.25, 0.3) is 5.69 Å². The summed E-state index contributed by atoms with van der Waals surface area (Å²) in [6, 6.07) is 8.71. The van der Waals surface area contributed by atoms with Gasteiger partial charge in [-0.05, 0) is 30.4 Å². The molecule has 0 aliphatic carbocycles. The van der Waals surface area contributed by atoms with E-state index in [2.05, 4.69) is 0 Å². The molecule has 2 unspecified atom stereocenters. The molecule has 0 saturated carbocycles. The maximum absolute atomic E-state index is 11.2. The van der Waals surface area contributed by atoms with Crippen LogP contribution in [0.1, 0.15) is 41.3 Å². The van der Waals surface area contributed by atoms with Crippen molar-refractivity contribution in [2.45, 2.75) is 32.2 Å². The molecule has 106 valence electrons. The SMILES string of the molecule is CCC(c1ccccc1[N+](=O)[O-])C(N)c1sccc1C. The molecule has 2 N–H and O–H groups in total. The third-order valence-corrected chi connectivity index (χ3v) is 4.73. The predicted octanol–water partition coefficient (Wildman–Crippen LogP) is 4.16. The fourth-order valence-corrected chi connectivity index (χ4v) is 3.54. The van der Waals surface area contributed by atoms with Gasteiger partial charge in [-0.15, -0.1) is 11.3 Å². The number of nitro groups is 1. The Bertz CT molecular complexity index is 609. The number of hydrogen-bond donors (Lipinski definition) is 1. The van der Waals surface area contributed by atoms with Crippen molar-refractivity contribution in [3.05, 3.63) is 61.8 Å². The summed E-state index contributed by atoms with van der Waals surface area (Å²) in [4.78, 5) is 12.0. The van der Waals surface area contributed by atoms with E-state index in [1.807, 2.05) is 37.4 Å². The highest BCUT2D eigenvalue weighted by molar-refractivity contribution is 7.10. The summed E-state index contributed by atoms with van der Waals surface area (Å²) < 4.78 is 0. The van der Waals surface area contributed by atoms with Gasteiger partial charge in [0.15, 0.2) is 0 Å². The van der Waals surface area contributed by atoms with E-state index in [0.717, 1.165) is 22.4 Å². The normalized spacial score (nSPS) is 13.9. The minimum absolute atomic E-state index is 0.0473. The Hall–Kier alpha value is -1.72. The second-order valence-electron chi connectivity index (χ2n) is 4.82. The molecule has 0 radical (unpaired) electrons. The highest BCUT2D eigenvalue weighted by atomic mass is 32.1. The van der Waals surface area contributed by atoms with Crippen molar-refractivity contribution in [1.82, 2.24) is 0 Å². The van der Waals surface area contributed by atoms with Crippen LogP contribution in [-0.4, -0.2) is 4.92 Å². The zero-order chi connectivity index (χ0) is 14.7. The maximum atomic E-state index is 11.2. The van der Waals surface area contributed by atoms with Crippen molar-refractivity contribution in [1.29, 1.82) is 0 Å². The van der Waals surface area contributed by atoms with Crippen LogP contribution in [0, 0.1) is 17.0 Å². The van der Waals surface area contributed by atoms with Crippen LogP contribution in [0.3, 0.4) is 0 Å². The fourth-order valence-electron chi connectivity index (χ4n) is 2.54. The van der Waals surface area contributed by atoms with Crippen LogP contribution in [-0.2, 0) is 0 Å². The molecule has 0 spiro atoms. The molecule has 4 nitrogen and oxygen atoms in total. The summed E-state index contributed by atoms with van der Waals surface area (Å²) in [7, 11) is 0. The van der Waals surface area contributed by atoms with Crippen LogP contribution >= 0.6 is 11.3 Å². The quantitative estimate of drug-likeness (QED) is 0.664. The van der Waals surface area contributed by atoms with E-state index in [1.54, 1.807) is 23.5 Å². The van der Waals surface area contributed by atoms with Crippen molar-refractivity contribution in [3.8, 4) is 0 Å². The number of benzene rings is 1. The number of rotatable bonds is 5. The molecule has 0 aliphatic rings. The van der Waals surface area contributed by atoms with Crippen LogP contribution in [0.15, 0.2) is 35.7 Å². The molecule has 2 atom stereocenters. The first kappa shape index (κ1) is 14.7. The second kappa shape index (κ2) is 6.15. The van der Waals surface area contributed by atoms with Crippen molar-refractivity contribution < 1.29 is 4.92 Å². The van der Waals surface area contributed by atoms with E-state index >= 15 is 0 Å². The molecular formula is C15H18N2O2S. The zero-order valence-corrected chi connectivity index (χ0v) is 12.4. The number of aryl methyl sites for hydroxylation is 1. The summed E-state index contributed by atoms with van der Waals surface area (Å²) in [5, 5.41) is 13.2. The van der Waals surface area contributed by atoms with E-state index < -0.39 is 0 Å². The summed E-state index contributed by atoms with van der Waals surface area (Å²) in [5.74, 6) is -0.0473. The van der Waals surface area contributed by atoms with Gasteiger partial charge in [0.05, 0.1) is 4.92 Å². The minimum atomic E-state index is -0.327. The van der Waals surface area contributed by atoms with Crippen LogP contribution in [0.5, 0.6) is 0 Å². The van der Waals surface area contributed by atoms with Gasteiger partial charge in [-0.25, -0.2) is 0 Å². The van der Waals surface area contributed by atoms with Crippen molar-refractivity contribution in [3.63, 3.8) is 0 Å². The van der Waals surface area contributed by atoms with E-state index in [-0.39, 0.29) is 22.6 Å². The lowest BCUT2D eigenvalue weighted by Gasteiger charge is -2.22. The number of nitro benzene ring substituents is 1. The van der Waals surface area contributed by atoms with Crippen LogP contribution in [0.2, 0.25) is 0 Å². The van der Waals surface area contributed by atoms with E-state index in [9.17, 15) is 10.1 Å². The molecule has 1 aromatic heterocycles. The fraction of sp³-hybridized carbons (Fsp3) is 0.333. The van der Waals surface area contributed by atoms with E-state index in [4.69, 9.17) is 5.73 Å². The number of nitrogens with zero attached hydrogens (tertiary/aromatic N) is 1. The first-order chi connectivity index (χ1) is 9.56. The molecule has 0 saturated heterocycles. The van der Waals surface area contributed by atoms with Crippen molar-refractivity contribution >= 4 is 17.0 Å². The Kier molecular flexibility index (Phi) is 4.52. The van der Waals surface area contributed by atoms with Gasteiger partial charge >= 0.3 is 0 Å². The van der Waals surface area contributed by atoms with Crippen LogP contribution in [0.4, 0.5) is 5.69 Å². The monoisotopic (exact) mass is 290 g/mol. The Morgan fingerprint density at radius 1 is 1.35 bits per heavy atom. The van der Waals surface area contributed by atoms with Crippen LogP contribution < -0.4 is 5.73 Å². The molecule has 20 heavy (non-hydrogen) atoms. The molecule has 2 rings (SSSR count). The van der Waals surface area contributed by atoms with Gasteiger partial charge in [0.2, 0.25) is 0 Å². The van der Waals surface area contributed by atoms with Gasteiger partial charge in [-0.1, -0.05) is 25.1 Å². The van der Waals surface area contributed by atoms with Crippen molar-refractivity contribution in [2.24, 2.45) is 5.73 Å². The third-order valence-electron chi connectivity index (χ3n) is 3.61. The first-order valence-electron chi connectivity index (χ1n) is 6.59. The summed E-state index contributed by atoms with van der Waals surface area (Å²) >= 11 is 1.62. The zero-order valence-electron chi connectivity index (χ0n) is 11.6. The van der Waals surface area contributed by atoms with Gasteiger partial charge in [0.1, 0.15) is 0 Å². The molecule has 0 aliphatic heterocycles. The lowest BCUT2D eigenvalue weighted by Crippen LogP contribution is -2.20. The standard InChI is InChI=1S/C15H18N2O2S/c1-3-11(14(16)15-10(2)8-9-20-15)12-6-4-5-7-13(12)17(18)19/h4-9,11,14H,3,16H2,1-2H3. The number of thiophene rings is 1. The smallest absolute Gasteiger partial charge is 0.272 e. The Morgan fingerprint density at radius 3 is 2.60 bits per heavy atom. The second-order valence-corrected chi connectivity index (χ2v) is 5.77. The molecule has 0 fully saturated rings. The Labute approximate surface area is 122 Å². The Balaban J connectivity index is 2.43. The largest absolute Gasteiger partial charge is 0.323 e.